The summed E-state index contributed by atoms with van der Waals surface area (Å²) >= 11 is 0. The fraction of sp³-hybridized carbons (Fsp3) is 0.824. The van der Waals surface area contributed by atoms with Crippen molar-refractivity contribution in [2.75, 3.05) is 33.2 Å². The third-order valence-corrected chi connectivity index (χ3v) is 3.48. The van der Waals surface area contributed by atoms with E-state index in [2.05, 4.69) is 20.9 Å². The van der Waals surface area contributed by atoms with E-state index in [4.69, 9.17) is 4.74 Å². The molecule has 25 heavy (non-hydrogen) atoms. The molecule has 8 nitrogen and oxygen atoms in total. The van der Waals surface area contributed by atoms with Gasteiger partial charge in [0.05, 0.1) is 6.04 Å². The van der Waals surface area contributed by atoms with Crippen LogP contribution in [0.15, 0.2) is 4.99 Å². The minimum atomic E-state index is -0.481. The SMILES string of the molecule is CN=C(NCCNC(=O)C(C)(C)C)NC1CN(C(=O)OC(C)(C)C)C1. The van der Waals surface area contributed by atoms with Crippen molar-refractivity contribution in [1.82, 2.24) is 20.9 Å². The molecular formula is C17H33N5O3. The molecule has 1 heterocycles. The fourth-order valence-corrected chi connectivity index (χ4v) is 2.06. The average molecular weight is 355 g/mol. The molecular weight excluding hydrogens is 322 g/mol. The summed E-state index contributed by atoms with van der Waals surface area (Å²) in [5.41, 5.74) is -0.873. The molecule has 0 bridgehead atoms. The zero-order valence-electron chi connectivity index (χ0n) is 16.5. The van der Waals surface area contributed by atoms with E-state index in [9.17, 15) is 9.59 Å². The lowest BCUT2D eigenvalue weighted by molar-refractivity contribution is -0.128. The Morgan fingerprint density at radius 3 is 2.12 bits per heavy atom. The smallest absolute Gasteiger partial charge is 0.410 e. The van der Waals surface area contributed by atoms with Gasteiger partial charge in [0, 0.05) is 38.6 Å². The van der Waals surface area contributed by atoms with Crippen LogP contribution in [0.4, 0.5) is 4.79 Å². The number of rotatable bonds is 4. The van der Waals surface area contributed by atoms with Crippen molar-refractivity contribution in [3.63, 3.8) is 0 Å². The normalized spacial score (nSPS) is 16.1. The Morgan fingerprint density at radius 2 is 1.64 bits per heavy atom. The first-order valence-corrected chi connectivity index (χ1v) is 8.66. The molecule has 0 radical (unpaired) electrons. The van der Waals surface area contributed by atoms with Crippen LogP contribution in [0.5, 0.6) is 0 Å². The van der Waals surface area contributed by atoms with Crippen LogP contribution >= 0.6 is 0 Å². The van der Waals surface area contributed by atoms with Crippen molar-refractivity contribution in [2.45, 2.75) is 53.2 Å². The van der Waals surface area contributed by atoms with Crippen LogP contribution in [0.25, 0.3) is 0 Å². The topological polar surface area (TPSA) is 95.1 Å². The molecule has 1 saturated heterocycles. The largest absolute Gasteiger partial charge is 0.444 e. The highest BCUT2D eigenvalue weighted by Crippen LogP contribution is 2.15. The highest BCUT2D eigenvalue weighted by Gasteiger charge is 2.34. The molecule has 0 aromatic carbocycles. The maximum atomic E-state index is 11.9. The van der Waals surface area contributed by atoms with Crippen molar-refractivity contribution < 1.29 is 14.3 Å². The van der Waals surface area contributed by atoms with E-state index in [1.54, 1.807) is 11.9 Å². The van der Waals surface area contributed by atoms with Crippen molar-refractivity contribution >= 4 is 18.0 Å². The Balaban J connectivity index is 2.24. The molecule has 0 atom stereocenters. The third kappa shape index (κ3) is 7.62. The second kappa shape index (κ2) is 8.40. The molecule has 0 aromatic heterocycles. The number of likely N-dealkylation sites (tertiary alicyclic amines) is 1. The number of ether oxygens (including phenoxy) is 1. The number of nitrogens with zero attached hydrogens (tertiary/aromatic N) is 2. The molecule has 0 aliphatic carbocycles. The van der Waals surface area contributed by atoms with Gasteiger partial charge in [-0.25, -0.2) is 4.79 Å². The van der Waals surface area contributed by atoms with Gasteiger partial charge in [0.2, 0.25) is 5.91 Å². The quantitative estimate of drug-likeness (QED) is 0.396. The second-order valence-corrected chi connectivity index (χ2v) is 8.23. The first-order valence-electron chi connectivity index (χ1n) is 8.66. The molecule has 0 saturated carbocycles. The lowest BCUT2D eigenvalue weighted by Crippen LogP contribution is -2.63. The van der Waals surface area contributed by atoms with Gasteiger partial charge < -0.3 is 25.6 Å². The van der Waals surface area contributed by atoms with E-state index in [0.29, 0.717) is 32.1 Å². The van der Waals surface area contributed by atoms with E-state index in [1.165, 1.54) is 0 Å². The van der Waals surface area contributed by atoms with Gasteiger partial charge in [-0.2, -0.15) is 0 Å². The van der Waals surface area contributed by atoms with Gasteiger partial charge in [0.25, 0.3) is 0 Å². The van der Waals surface area contributed by atoms with Crippen molar-refractivity contribution in [3.8, 4) is 0 Å². The molecule has 1 aliphatic rings. The number of nitrogens with one attached hydrogen (secondary N) is 3. The summed E-state index contributed by atoms with van der Waals surface area (Å²) in [6.07, 6.45) is -0.293. The van der Waals surface area contributed by atoms with Crippen molar-refractivity contribution in [2.24, 2.45) is 10.4 Å². The number of carbonyl (C=O) groups excluding carboxylic acids is 2. The Hall–Kier alpha value is -1.99. The molecule has 1 fully saturated rings. The van der Waals surface area contributed by atoms with Gasteiger partial charge in [0.15, 0.2) is 5.96 Å². The summed E-state index contributed by atoms with van der Waals surface area (Å²) < 4.78 is 5.32. The van der Waals surface area contributed by atoms with Crippen LogP contribution in [0.2, 0.25) is 0 Å². The van der Waals surface area contributed by atoms with Gasteiger partial charge in [-0.1, -0.05) is 20.8 Å². The van der Waals surface area contributed by atoms with Gasteiger partial charge in [-0.05, 0) is 20.8 Å². The van der Waals surface area contributed by atoms with Crippen LogP contribution < -0.4 is 16.0 Å². The molecule has 144 valence electrons. The van der Waals surface area contributed by atoms with Crippen LogP contribution in [-0.4, -0.2) is 67.7 Å². The van der Waals surface area contributed by atoms with Crippen LogP contribution in [0.3, 0.4) is 0 Å². The first-order chi connectivity index (χ1) is 11.4. The fourth-order valence-electron chi connectivity index (χ4n) is 2.06. The Labute approximate surface area is 150 Å². The summed E-state index contributed by atoms with van der Waals surface area (Å²) in [5.74, 6) is 0.670. The molecule has 2 amide bonds. The Morgan fingerprint density at radius 1 is 1.08 bits per heavy atom. The van der Waals surface area contributed by atoms with E-state index < -0.39 is 11.0 Å². The van der Waals surface area contributed by atoms with Gasteiger partial charge >= 0.3 is 6.09 Å². The van der Waals surface area contributed by atoms with Gasteiger partial charge in [-0.15, -0.1) is 0 Å². The van der Waals surface area contributed by atoms with Crippen molar-refractivity contribution in [3.05, 3.63) is 0 Å². The first kappa shape index (κ1) is 21.1. The molecule has 1 rings (SSSR count). The van der Waals surface area contributed by atoms with E-state index in [0.717, 1.165) is 0 Å². The summed E-state index contributed by atoms with van der Waals surface area (Å²) in [6, 6.07) is 0.142. The molecule has 1 aliphatic heterocycles. The number of amides is 2. The molecule has 3 N–H and O–H groups in total. The molecule has 8 heteroatoms. The minimum Gasteiger partial charge on any atom is -0.444 e. The second-order valence-electron chi connectivity index (χ2n) is 8.23. The van der Waals surface area contributed by atoms with Gasteiger partial charge in [-0.3, -0.25) is 9.79 Å². The zero-order chi connectivity index (χ0) is 19.3. The van der Waals surface area contributed by atoms with E-state index >= 15 is 0 Å². The number of guanidine groups is 1. The maximum absolute atomic E-state index is 11.9. The number of carbonyl (C=O) groups is 2. The van der Waals surface area contributed by atoms with Crippen LogP contribution in [0, 0.1) is 5.41 Å². The van der Waals surface area contributed by atoms with Crippen LogP contribution in [-0.2, 0) is 9.53 Å². The van der Waals surface area contributed by atoms with E-state index in [1.807, 2.05) is 41.5 Å². The monoisotopic (exact) mass is 355 g/mol. The number of hydrogen-bond acceptors (Lipinski definition) is 4. The third-order valence-electron chi connectivity index (χ3n) is 3.48. The number of hydrogen-bond donors (Lipinski definition) is 3. The highest BCUT2D eigenvalue weighted by molar-refractivity contribution is 5.82. The molecule has 0 unspecified atom stereocenters. The van der Waals surface area contributed by atoms with Crippen LogP contribution in [0.1, 0.15) is 41.5 Å². The van der Waals surface area contributed by atoms with Gasteiger partial charge in [0.1, 0.15) is 5.60 Å². The minimum absolute atomic E-state index is 0.0178. The standard InChI is InChI=1S/C17H33N5O3/c1-16(2,3)13(23)19-8-9-20-14(18-7)21-12-10-22(11-12)15(24)25-17(4,5)6/h12H,8-11H2,1-7H3,(H,19,23)(H2,18,20,21). The Bertz CT molecular complexity index is 499. The number of aliphatic imine (C=N–C) groups is 1. The Kier molecular flexibility index (Phi) is 7.07. The zero-order valence-corrected chi connectivity index (χ0v) is 16.5. The summed E-state index contributed by atoms with van der Waals surface area (Å²) in [6.45, 7) is 13.4. The summed E-state index contributed by atoms with van der Waals surface area (Å²) in [4.78, 5) is 29.5. The average Bonchev–Trinajstić information content (AvgIpc) is 2.40. The van der Waals surface area contributed by atoms with E-state index in [-0.39, 0.29) is 18.0 Å². The summed E-state index contributed by atoms with van der Waals surface area (Å²) in [5, 5.41) is 9.27. The lowest BCUT2D eigenvalue weighted by atomic mass is 9.96. The van der Waals surface area contributed by atoms with Crippen molar-refractivity contribution in [1.29, 1.82) is 0 Å². The lowest BCUT2D eigenvalue weighted by Gasteiger charge is -2.40. The predicted octanol–water partition coefficient (Wildman–Crippen LogP) is 0.933. The predicted molar refractivity (Wildman–Crippen MR) is 98.6 cm³/mol. The molecule has 0 spiro atoms. The summed E-state index contributed by atoms with van der Waals surface area (Å²) in [7, 11) is 1.69. The maximum Gasteiger partial charge on any atom is 0.410 e. The molecule has 0 aromatic rings. The highest BCUT2D eigenvalue weighted by atomic mass is 16.6.